The summed E-state index contributed by atoms with van der Waals surface area (Å²) < 4.78 is 6.17. The Labute approximate surface area is 188 Å². The number of nitrogens with two attached hydrogens (primary N) is 1. The number of aromatic nitrogens is 2. The summed E-state index contributed by atoms with van der Waals surface area (Å²) in [5, 5.41) is 6.37. The number of nitrogens with zero attached hydrogens (tertiary/aromatic N) is 2. The highest BCUT2D eigenvalue weighted by molar-refractivity contribution is 5.99. The number of nitrogens with one attached hydrogen (secondary N) is 2. The van der Waals surface area contributed by atoms with Gasteiger partial charge in [0.25, 0.3) is 5.91 Å². The Hall–Kier alpha value is -3.29. The summed E-state index contributed by atoms with van der Waals surface area (Å²) in [7, 11) is 0. The number of anilines is 1. The van der Waals surface area contributed by atoms with Crippen molar-refractivity contribution in [2.75, 3.05) is 18.8 Å². The topological polar surface area (TPSA) is 102 Å². The number of carbonyl (C=O) groups excluding carboxylic acids is 1. The van der Waals surface area contributed by atoms with Gasteiger partial charge in [-0.05, 0) is 42.2 Å². The number of hydrogen-bond acceptors (Lipinski definition) is 6. The summed E-state index contributed by atoms with van der Waals surface area (Å²) in [5.41, 5.74) is 11.8. The third kappa shape index (κ3) is 4.95. The summed E-state index contributed by atoms with van der Waals surface area (Å²) in [5.74, 6) is -0.0584. The first-order valence-electron chi connectivity index (χ1n) is 10.9. The third-order valence-electron chi connectivity index (χ3n) is 5.89. The fourth-order valence-electron chi connectivity index (χ4n) is 3.97. The Morgan fingerprint density at radius 2 is 2.09 bits per heavy atom. The van der Waals surface area contributed by atoms with Crippen LogP contribution in [0.3, 0.4) is 0 Å². The van der Waals surface area contributed by atoms with Crippen LogP contribution in [0.15, 0.2) is 55.0 Å². The zero-order chi connectivity index (χ0) is 22.5. The van der Waals surface area contributed by atoms with Gasteiger partial charge in [0.1, 0.15) is 5.82 Å². The smallest absolute Gasteiger partial charge is 0.255 e. The Morgan fingerprint density at radius 1 is 1.22 bits per heavy atom. The van der Waals surface area contributed by atoms with E-state index in [4.69, 9.17) is 10.5 Å². The highest BCUT2D eigenvalue weighted by atomic mass is 16.5. The molecule has 3 aromatic rings. The lowest BCUT2D eigenvalue weighted by molar-refractivity contribution is 0.0357. The molecule has 166 valence electrons. The van der Waals surface area contributed by atoms with E-state index in [-0.39, 0.29) is 23.9 Å². The minimum atomic E-state index is -0.258. The second kappa shape index (κ2) is 9.89. The van der Waals surface area contributed by atoms with Gasteiger partial charge in [0.15, 0.2) is 0 Å². The number of ether oxygens (including phenoxy) is 1. The van der Waals surface area contributed by atoms with Gasteiger partial charge >= 0.3 is 0 Å². The number of aryl methyl sites for hydroxylation is 2. The Kier molecular flexibility index (Phi) is 6.78. The molecule has 1 amide bonds. The Balaban J connectivity index is 1.42. The molecule has 0 bridgehead atoms. The molecule has 0 spiro atoms. The molecule has 3 heterocycles. The van der Waals surface area contributed by atoms with Crippen LogP contribution in [0.4, 0.5) is 5.82 Å². The van der Waals surface area contributed by atoms with Crippen molar-refractivity contribution in [3.8, 4) is 11.1 Å². The largest absolute Gasteiger partial charge is 0.383 e. The zero-order valence-corrected chi connectivity index (χ0v) is 18.5. The van der Waals surface area contributed by atoms with Gasteiger partial charge in [0, 0.05) is 42.8 Å². The van der Waals surface area contributed by atoms with Gasteiger partial charge in [-0.15, -0.1) is 0 Å². The first-order chi connectivity index (χ1) is 15.5. The zero-order valence-electron chi connectivity index (χ0n) is 18.5. The molecular weight excluding hydrogens is 402 g/mol. The fourth-order valence-corrected chi connectivity index (χ4v) is 3.97. The van der Waals surface area contributed by atoms with Crippen LogP contribution in [-0.2, 0) is 17.8 Å². The lowest BCUT2D eigenvalue weighted by Gasteiger charge is -2.21. The molecule has 0 saturated carbocycles. The van der Waals surface area contributed by atoms with E-state index in [1.807, 2.05) is 12.1 Å². The molecular formula is C25H29N5O2. The van der Waals surface area contributed by atoms with Crippen molar-refractivity contribution in [1.82, 2.24) is 20.6 Å². The van der Waals surface area contributed by atoms with E-state index in [1.54, 1.807) is 24.7 Å². The molecule has 4 rings (SSSR count). The molecule has 0 radical (unpaired) electrons. The first-order valence-corrected chi connectivity index (χ1v) is 10.9. The molecule has 1 aromatic carbocycles. The lowest BCUT2D eigenvalue weighted by atomic mass is 10.0. The van der Waals surface area contributed by atoms with Gasteiger partial charge in [0.05, 0.1) is 24.3 Å². The van der Waals surface area contributed by atoms with Crippen molar-refractivity contribution in [3.63, 3.8) is 0 Å². The second-order valence-electron chi connectivity index (χ2n) is 8.10. The van der Waals surface area contributed by atoms with Crippen LogP contribution < -0.4 is 16.4 Å². The quantitative estimate of drug-likeness (QED) is 0.532. The SMILES string of the molecule is CCc1cc(CO[C@H]2CNCC2NC(=O)c2cc(-c3cccnc3)cnc2N)ccc1C. The van der Waals surface area contributed by atoms with Crippen molar-refractivity contribution in [1.29, 1.82) is 0 Å². The highest BCUT2D eigenvalue weighted by Crippen LogP contribution is 2.22. The molecule has 1 saturated heterocycles. The third-order valence-corrected chi connectivity index (χ3v) is 5.89. The molecule has 4 N–H and O–H groups in total. The molecule has 7 heteroatoms. The predicted octanol–water partition coefficient (Wildman–Crippen LogP) is 2.88. The summed E-state index contributed by atoms with van der Waals surface area (Å²) in [6, 6.07) is 11.8. The van der Waals surface area contributed by atoms with E-state index in [0.29, 0.717) is 25.3 Å². The van der Waals surface area contributed by atoms with E-state index in [2.05, 4.69) is 52.6 Å². The molecule has 2 atom stereocenters. The van der Waals surface area contributed by atoms with Crippen LogP contribution in [-0.4, -0.2) is 41.1 Å². The van der Waals surface area contributed by atoms with Crippen molar-refractivity contribution >= 4 is 11.7 Å². The van der Waals surface area contributed by atoms with Gasteiger partial charge in [-0.3, -0.25) is 9.78 Å². The monoisotopic (exact) mass is 431 g/mol. The number of rotatable bonds is 7. The van der Waals surface area contributed by atoms with E-state index in [9.17, 15) is 4.79 Å². The number of carbonyl (C=O) groups is 1. The van der Waals surface area contributed by atoms with Crippen molar-refractivity contribution < 1.29 is 9.53 Å². The number of nitrogen functional groups attached to an aromatic ring is 1. The molecule has 32 heavy (non-hydrogen) atoms. The van der Waals surface area contributed by atoms with Crippen LogP contribution in [0.5, 0.6) is 0 Å². The number of hydrogen-bond donors (Lipinski definition) is 3. The standard InChI is InChI=1S/C25H29N5O2/c1-3-18-9-17(7-6-16(18)2)15-32-23-14-28-13-22(23)30-25(31)21-10-20(12-29-24(21)26)19-5-4-8-27-11-19/h4-12,22-23,28H,3,13-15H2,1-2H3,(H2,26,29)(H,30,31)/t22?,23-/m0/s1. The van der Waals surface area contributed by atoms with Gasteiger partial charge < -0.3 is 21.1 Å². The minimum Gasteiger partial charge on any atom is -0.383 e. The maximum atomic E-state index is 13.0. The number of amides is 1. The normalized spacial score (nSPS) is 17.9. The molecule has 7 nitrogen and oxygen atoms in total. The summed E-state index contributed by atoms with van der Waals surface area (Å²) in [6.07, 6.45) is 5.96. The summed E-state index contributed by atoms with van der Waals surface area (Å²) >= 11 is 0. The molecule has 1 aliphatic heterocycles. The molecule has 1 fully saturated rings. The van der Waals surface area contributed by atoms with Gasteiger partial charge in [0.2, 0.25) is 0 Å². The average molecular weight is 432 g/mol. The maximum absolute atomic E-state index is 13.0. The molecule has 0 aliphatic carbocycles. The van der Waals surface area contributed by atoms with Crippen LogP contribution in [0.2, 0.25) is 0 Å². The fraction of sp³-hybridized carbons (Fsp3) is 0.320. The Morgan fingerprint density at radius 3 is 2.88 bits per heavy atom. The van der Waals surface area contributed by atoms with Crippen LogP contribution >= 0.6 is 0 Å². The van der Waals surface area contributed by atoms with E-state index >= 15 is 0 Å². The number of pyridine rings is 2. The second-order valence-corrected chi connectivity index (χ2v) is 8.10. The lowest BCUT2D eigenvalue weighted by Crippen LogP contribution is -2.44. The summed E-state index contributed by atoms with van der Waals surface area (Å²) in [4.78, 5) is 21.4. The molecule has 2 aromatic heterocycles. The van der Waals surface area contributed by atoms with Gasteiger partial charge in [-0.1, -0.05) is 31.2 Å². The minimum absolute atomic E-state index is 0.124. The van der Waals surface area contributed by atoms with Crippen molar-refractivity contribution in [2.24, 2.45) is 0 Å². The molecule has 1 unspecified atom stereocenters. The van der Waals surface area contributed by atoms with Crippen molar-refractivity contribution in [3.05, 3.63) is 77.2 Å². The maximum Gasteiger partial charge on any atom is 0.255 e. The summed E-state index contributed by atoms with van der Waals surface area (Å²) in [6.45, 7) is 6.11. The number of benzene rings is 1. The Bertz CT molecular complexity index is 1090. The van der Waals surface area contributed by atoms with E-state index < -0.39 is 0 Å². The van der Waals surface area contributed by atoms with Crippen LogP contribution in [0, 0.1) is 6.92 Å². The first kappa shape index (κ1) is 21.9. The van der Waals surface area contributed by atoms with Crippen LogP contribution in [0.1, 0.15) is 34.0 Å². The molecule has 1 aliphatic rings. The van der Waals surface area contributed by atoms with E-state index in [1.165, 1.54) is 11.1 Å². The van der Waals surface area contributed by atoms with Gasteiger partial charge in [-0.25, -0.2) is 4.98 Å². The highest BCUT2D eigenvalue weighted by Gasteiger charge is 2.30. The van der Waals surface area contributed by atoms with Crippen molar-refractivity contribution in [2.45, 2.75) is 39.0 Å². The van der Waals surface area contributed by atoms with Gasteiger partial charge in [-0.2, -0.15) is 0 Å². The van der Waals surface area contributed by atoms with E-state index in [0.717, 1.165) is 23.1 Å². The predicted molar refractivity (Wildman–Crippen MR) is 125 cm³/mol. The average Bonchev–Trinajstić information content (AvgIpc) is 3.26. The van der Waals surface area contributed by atoms with Crippen LogP contribution in [0.25, 0.3) is 11.1 Å².